The monoisotopic (exact) mass is 282 g/mol. The van der Waals surface area contributed by atoms with Crippen molar-refractivity contribution in [2.45, 2.75) is 32.8 Å². The van der Waals surface area contributed by atoms with E-state index in [0.717, 1.165) is 24.0 Å². The molecule has 21 heavy (non-hydrogen) atoms. The van der Waals surface area contributed by atoms with Crippen molar-refractivity contribution >= 4 is 6.29 Å². The SMILES string of the molecule is CC[C@H](c1cccc(OCc2ccccc2)c1)[C@@H](C)C=O. The molecule has 0 heterocycles. The van der Waals surface area contributed by atoms with Crippen LogP contribution in [0.25, 0.3) is 0 Å². The Morgan fingerprint density at radius 3 is 2.52 bits per heavy atom. The number of carbonyl (C=O) groups excluding carboxylic acids is 1. The first-order valence-electron chi connectivity index (χ1n) is 7.46. The lowest BCUT2D eigenvalue weighted by molar-refractivity contribution is -0.111. The highest BCUT2D eigenvalue weighted by atomic mass is 16.5. The number of ether oxygens (including phenoxy) is 1. The molecule has 0 unspecified atom stereocenters. The van der Waals surface area contributed by atoms with Crippen molar-refractivity contribution in [3.8, 4) is 5.75 Å². The van der Waals surface area contributed by atoms with E-state index >= 15 is 0 Å². The molecular formula is C19H22O2. The summed E-state index contributed by atoms with van der Waals surface area (Å²) in [5.74, 6) is 1.13. The maximum atomic E-state index is 11.0. The van der Waals surface area contributed by atoms with E-state index in [2.05, 4.69) is 19.1 Å². The van der Waals surface area contributed by atoms with Crippen LogP contribution in [0.3, 0.4) is 0 Å². The summed E-state index contributed by atoms with van der Waals surface area (Å²) in [5, 5.41) is 0. The molecule has 0 fully saturated rings. The zero-order chi connectivity index (χ0) is 15.1. The van der Waals surface area contributed by atoms with Crippen LogP contribution >= 0.6 is 0 Å². The Morgan fingerprint density at radius 1 is 1.10 bits per heavy atom. The average Bonchev–Trinajstić information content (AvgIpc) is 2.55. The minimum Gasteiger partial charge on any atom is -0.489 e. The second kappa shape index (κ2) is 7.63. The molecule has 0 aromatic heterocycles. The fraction of sp³-hybridized carbons (Fsp3) is 0.316. The molecule has 0 bridgehead atoms. The first-order valence-corrected chi connectivity index (χ1v) is 7.46. The van der Waals surface area contributed by atoms with Gasteiger partial charge >= 0.3 is 0 Å². The lowest BCUT2D eigenvalue weighted by Crippen LogP contribution is -2.10. The minimum atomic E-state index is 0.0272. The van der Waals surface area contributed by atoms with Gasteiger partial charge in [-0.15, -0.1) is 0 Å². The number of hydrogen-bond acceptors (Lipinski definition) is 2. The Morgan fingerprint density at radius 2 is 1.86 bits per heavy atom. The van der Waals surface area contributed by atoms with Gasteiger partial charge in [-0.1, -0.05) is 56.3 Å². The molecule has 0 aliphatic carbocycles. The van der Waals surface area contributed by atoms with Crippen LogP contribution in [0.15, 0.2) is 54.6 Å². The smallest absolute Gasteiger partial charge is 0.123 e. The highest BCUT2D eigenvalue weighted by Crippen LogP contribution is 2.29. The van der Waals surface area contributed by atoms with Crippen molar-refractivity contribution in [3.05, 3.63) is 65.7 Å². The van der Waals surface area contributed by atoms with Crippen LogP contribution in [0.1, 0.15) is 37.3 Å². The maximum Gasteiger partial charge on any atom is 0.123 e. The zero-order valence-corrected chi connectivity index (χ0v) is 12.7. The zero-order valence-electron chi connectivity index (χ0n) is 12.7. The van der Waals surface area contributed by atoms with Gasteiger partial charge in [-0.05, 0) is 35.6 Å². The van der Waals surface area contributed by atoms with Gasteiger partial charge in [-0.2, -0.15) is 0 Å². The number of rotatable bonds is 7. The third kappa shape index (κ3) is 4.19. The first-order chi connectivity index (χ1) is 10.2. The first kappa shape index (κ1) is 15.3. The number of hydrogen-bond donors (Lipinski definition) is 0. The molecule has 0 saturated carbocycles. The Labute approximate surface area is 126 Å². The molecule has 2 atom stereocenters. The lowest BCUT2D eigenvalue weighted by atomic mass is 9.86. The van der Waals surface area contributed by atoms with E-state index in [9.17, 15) is 4.79 Å². The van der Waals surface area contributed by atoms with Gasteiger partial charge in [0.05, 0.1) is 0 Å². The van der Waals surface area contributed by atoms with Gasteiger partial charge < -0.3 is 9.53 Å². The van der Waals surface area contributed by atoms with Gasteiger partial charge in [0.2, 0.25) is 0 Å². The summed E-state index contributed by atoms with van der Waals surface area (Å²) in [6.45, 7) is 4.64. The highest BCUT2D eigenvalue weighted by Gasteiger charge is 2.17. The molecule has 0 amide bonds. The van der Waals surface area contributed by atoms with Gasteiger partial charge in [0.1, 0.15) is 18.6 Å². The van der Waals surface area contributed by atoms with Crippen LogP contribution in [0.2, 0.25) is 0 Å². The van der Waals surface area contributed by atoms with Gasteiger partial charge in [-0.25, -0.2) is 0 Å². The number of benzene rings is 2. The third-order valence-corrected chi connectivity index (χ3v) is 3.82. The third-order valence-electron chi connectivity index (χ3n) is 3.82. The normalized spacial score (nSPS) is 13.4. The summed E-state index contributed by atoms with van der Waals surface area (Å²) < 4.78 is 5.85. The molecule has 2 nitrogen and oxygen atoms in total. The Bertz CT molecular complexity index is 563. The minimum absolute atomic E-state index is 0.0272. The van der Waals surface area contributed by atoms with E-state index in [0.29, 0.717) is 6.61 Å². The fourth-order valence-electron chi connectivity index (χ4n) is 2.58. The second-order valence-electron chi connectivity index (χ2n) is 5.36. The van der Waals surface area contributed by atoms with Crippen molar-refractivity contribution in [1.29, 1.82) is 0 Å². The van der Waals surface area contributed by atoms with Crippen molar-refractivity contribution in [3.63, 3.8) is 0 Å². The van der Waals surface area contributed by atoms with Gasteiger partial charge in [0, 0.05) is 5.92 Å². The number of carbonyl (C=O) groups is 1. The van der Waals surface area contributed by atoms with E-state index < -0.39 is 0 Å². The van der Waals surface area contributed by atoms with E-state index in [-0.39, 0.29) is 11.8 Å². The molecule has 0 N–H and O–H groups in total. The largest absolute Gasteiger partial charge is 0.489 e. The molecular weight excluding hydrogens is 260 g/mol. The molecule has 0 aliphatic rings. The molecule has 0 saturated heterocycles. The topological polar surface area (TPSA) is 26.3 Å². The van der Waals surface area contributed by atoms with Crippen molar-refractivity contribution in [1.82, 2.24) is 0 Å². The van der Waals surface area contributed by atoms with Crippen LogP contribution in [-0.4, -0.2) is 6.29 Å². The summed E-state index contributed by atoms with van der Waals surface area (Å²) in [6, 6.07) is 18.2. The molecule has 0 radical (unpaired) electrons. The summed E-state index contributed by atoms with van der Waals surface area (Å²) in [4.78, 5) is 11.0. The predicted molar refractivity (Wildman–Crippen MR) is 85.5 cm³/mol. The van der Waals surface area contributed by atoms with E-state index in [1.54, 1.807) is 0 Å². The van der Waals surface area contributed by atoms with Crippen LogP contribution in [-0.2, 0) is 11.4 Å². The van der Waals surface area contributed by atoms with Crippen LogP contribution in [0.5, 0.6) is 5.75 Å². The van der Waals surface area contributed by atoms with Gasteiger partial charge in [0.15, 0.2) is 0 Å². The molecule has 2 aromatic carbocycles. The van der Waals surface area contributed by atoms with Crippen LogP contribution < -0.4 is 4.74 Å². The maximum absolute atomic E-state index is 11.0. The molecule has 0 spiro atoms. The van der Waals surface area contributed by atoms with Gasteiger partial charge in [-0.3, -0.25) is 0 Å². The van der Waals surface area contributed by atoms with Crippen molar-refractivity contribution in [2.24, 2.45) is 5.92 Å². The molecule has 2 rings (SSSR count). The van der Waals surface area contributed by atoms with Crippen LogP contribution in [0.4, 0.5) is 0 Å². The Balaban J connectivity index is 2.08. The van der Waals surface area contributed by atoms with Crippen molar-refractivity contribution < 1.29 is 9.53 Å². The molecule has 0 aliphatic heterocycles. The quantitative estimate of drug-likeness (QED) is 0.694. The number of aldehydes is 1. The Hall–Kier alpha value is -2.09. The van der Waals surface area contributed by atoms with E-state index in [1.165, 1.54) is 5.56 Å². The fourth-order valence-corrected chi connectivity index (χ4v) is 2.58. The lowest BCUT2D eigenvalue weighted by Gasteiger charge is -2.19. The molecule has 2 heteroatoms. The van der Waals surface area contributed by atoms with E-state index in [1.807, 2.05) is 49.4 Å². The summed E-state index contributed by atoms with van der Waals surface area (Å²) in [6.07, 6.45) is 1.98. The molecule has 2 aromatic rings. The average molecular weight is 282 g/mol. The molecule has 110 valence electrons. The predicted octanol–water partition coefficient (Wildman–Crippen LogP) is 4.59. The van der Waals surface area contributed by atoms with Crippen molar-refractivity contribution in [2.75, 3.05) is 0 Å². The summed E-state index contributed by atoms with van der Waals surface area (Å²) >= 11 is 0. The highest BCUT2D eigenvalue weighted by molar-refractivity contribution is 5.55. The Kier molecular flexibility index (Phi) is 5.56. The second-order valence-corrected chi connectivity index (χ2v) is 5.36. The standard InChI is InChI=1S/C19H22O2/c1-3-19(15(2)13-20)17-10-7-11-18(12-17)21-14-16-8-5-4-6-9-16/h4-13,15,19H,3,14H2,1-2H3/t15-,19-/m0/s1. The summed E-state index contributed by atoms with van der Waals surface area (Å²) in [5.41, 5.74) is 2.32. The van der Waals surface area contributed by atoms with Gasteiger partial charge in [0.25, 0.3) is 0 Å². The van der Waals surface area contributed by atoms with E-state index in [4.69, 9.17) is 4.74 Å². The summed E-state index contributed by atoms with van der Waals surface area (Å²) in [7, 11) is 0. The van der Waals surface area contributed by atoms with Crippen LogP contribution in [0, 0.1) is 5.92 Å².